The highest BCUT2D eigenvalue weighted by Crippen LogP contribution is 2.39. The Labute approximate surface area is 129 Å². The Morgan fingerprint density at radius 3 is 3.29 bits per heavy atom. The van der Waals surface area contributed by atoms with Gasteiger partial charge in [-0.25, -0.2) is 4.98 Å². The molecule has 2 aromatic heterocycles. The highest BCUT2D eigenvalue weighted by atomic mass is 32.1. The molecule has 0 N–H and O–H groups in total. The maximum atomic E-state index is 6.28. The second-order valence-electron chi connectivity index (χ2n) is 6.31. The third-order valence-corrected chi connectivity index (χ3v) is 5.47. The van der Waals surface area contributed by atoms with Gasteiger partial charge in [0.25, 0.3) is 0 Å². The maximum absolute atomic E-state index is 6.28. The zero-order valence-electron chi connectivity index (χ0n) is 12.1. The van der Waals surface area contributed by atoms with Crippen molar-refractivity contribution in [2.45, 2.75) is 37.5 Å². The smallest absolute Gasteiger partial charge is 0.0949 e. The molecule has 0 saturated carbocycles. The van der Waals surface area contributed by atoms with Crippen molar-refractivity contribution in [3.63, 3.8) is 0 Å². The second kappa shape index (κ2) is 5.55. The Morgan fingerprint density at radius 1 is 1.48 bits per heavy atom. The molecule has 0 aromatic carbocycles. The quantitative estimate of drug-likeness (QED) is 0.873. The number of aromatic nitrogens is 2. The number of rotatable bonds is 3. The molecule has 0 amide bonds. The number of nitrogens with zero attached hydrogens (tertiary/aromatic N) is 3. The van der Waals surface area contributed by atoms with Crippen molar-refractivity contribution in [1.82, 2.24) is 14.5 Å². The molecule has 4 rings (SSSR count). The monoisotopic (exact) mass is 303 g/mol. The number of likely N-dealkylation sites (tertiary alicyclic amines) is 1. The molecule has 2 aromatic rings. The molecule has 2 aliphatic rings. The summed E-state index contributed by atoms with van der Waals surface area (Å²) in [5.74, 6) is 0. The molecular weight excluding hydrogens is 282 g/mol. The van der Waals surface area contributed by atoms with E-state index in [4.69, 9.17) is 4.74 Å². The van der Waals surface area contributed by atoms with E-state index in [0.717, 1.165) is 26.1 Å². The van der Waals surface area contributed by atoms with E-state index in [-0.39, 0.29) is 5.60 Å². The summed E-state index contributed by atoms with van der Waals surface area (Å²) >= 11 is 1.78. The van der Waals surface area contributed by atoms with Crippen molar-refractivity contribution >= 4 is 11.3 Å². The van der Waals surface area contributed by atoms with Crippen LogP contribution in [0.3, 0.4) is 0 Å². The highest BCUT2D eigenvalue weighted by molar-refractivity contribution is 7.07. The first-order valence-electron chi connectivity index (χ1n) is 7.68. The van der Waals surface area contributed by atoms with Gasteiger partial charge in [0, 0.05) is 31.9 Å². The Kier molecular flexibility index (Phi) is 3.57. The Morgan fingerprint density at radius 2 is 2.48 bits per heavy atom. The van der Waals surface area contributed by atoms with Crippen LogP contribution in [0.2, 0.25) is 0 Å². The number of ether oxygens (including phenoxy) is 1. The molecular formula is C16H21N3OS. The molecule has 112 valence electrons. The summed E-state index contributed by atoms with van der Waals surface area (Å²) in [5, 5.41) is 4.42. The van der Waals surface area contributed by atoms with Gasteiger partial charge in [-0.1, -0.05) is 0 Å². The normalized spacial score (nSPS) is 30.2. The molecule has 5 heteroatoms. The van der Waals surface area contributed by atoms with Crippen LogP contribution >= 0.6 is 11.3 Å². The van der Waals surface area contributed by atoms with Gasteiger partial charge in [-0.05, 0) is 41.8 Å². The van der Waals surface area contributed by atoms with Gasteiger partial charge < -0.3 is 9.30 Å². The summed E-state index contributed by atoms with van der Waals surface area (Å²) < 4.78 is 8.48. The van der Waals surface area contributed by atoms with E-state index in [2.05, 4.69) is 37.5 Å². The minimum Gasteiger partial charge on any atom is -0.371 e. The summed E-state index contributed by atoms with van der Waals surface area (Å²) in [4.78, 5) is 6.72. The minimum absolute atomic E-state index is 0.0587. The van der Waals surface area contributed by atoms with Crippen LogP contribution in [0, 0.1) is 0 Å². The van der Waals surface area contributed by atoms with Gasteiger partial charge in [-0.15, -0.1) is 0 Å². The lowest BCUT2D eigenvalue weighted by molar-refractivity contribution is -0.0534. The van der Waals surface area contributed by atoms with Gasteiger partial charge in [0.2, 0.25) is 0 Å². The van der Waals surface area contributed by atoms with Gasteiger partial charge in [-0.2, -0.15) is 11.3 Å². The highest BCUT2D eigenvalue weighted by Gasteiger charge is 2.43. The number of piperidine rings is 1. The summed E-state index contributed by atoms with van der Waals surface area (Å²) in [7, 11) is 0. The third kappa shape index (κ3) is 2.78. The topological polar surface area (TPSA) is 30.3 Å². The zero-order chi connectivity index (χ0) is 14.1. The molecule has 1 spiro atoms. The Hall–Kier alpha value is -1.17. The first-order valence-corrected chi connectivity index (χ1v) is 8.62. The van der Waals surface area contributed by atoms with Crippen molar-refractivity contribution in [1.29, 1.82) is 0 Å². The summed E-state index contributed by atoms with van der Waals surface area (Å²) in [6.45, 7) is 4.14. The largest absolute Gasteiger partial charge is 0.371 e. The summed E-state index contributed by atoms with van der Waals surface area (Å²) in [6.07, 6.45) is 9.37. The van der Waals surface area contributed by atoms with E-state index in [0.29, 0.717) is 6.04 Å². The van der Waals surface area contributed by atoms with Crippen molar-refractivity contribution in [3.8, 4) is 0 Å². The summed E-state index contributed by atoms with van der Waals surface area (Å²) in [6, 6.07) is 2.68. The average molecular weight is 303 g/mol. The molecule has 0 unspecified atom stereocenters. The van der Waals surface area contributed by atoms with E-state index in [1.54, 1.807) is 11.3 Å². The predicted octanol–water partition coefficient (Wildman–Crippen LogP) is 2.94. The van der Waals surface area contributed by atoms with Crippen molar-refractivity contribution in [2.24, 2.45) is 0 Å². The first-order chi connectivity index (χ1) is 10.3. The molecule has 21 heavy (non-hydrogen) atoms. The van der Waals surface area contributed by atoms with Gasteiger partial charge in [0.05, 0.1) is 24.6 Å². The minimum atomic E-state index is 0.0587. The van der Waals surface area contributed by atoms with E-state index in [1.165, 1.54) is 24.9 Å². The molecule has 4 nitrogen and oxygen atoms in total. The van der Waals surface area contributed by atoms with Gasteiger partial charge in [-0.3, -0.25) is 4.90 Å². The standard InChI is InChI=1S/C16H21N3OS/c1-3-16(8-15(10-20-16)19-6-4-17-13-19)12-18(5-1)9-14-2-7-21-11-14/h2,4,6-7,11,13,15H,1,3,5,8-10,12H2/t15-,16+/m0/s1. The molecule has 2 saturated heterocycles. The lowest BCUT2D eigenvalue weighted by Gasteiger charge is -2.39. The van der Waals surface area contributed by atoms with Crippen LogP contribution < -0.4 is 0 Å². The van der Waals surface area contributed by atoms with Crippen LogP contribution in [0.15, 0.2) is 35.5 Å². The molecule has 2 aliphatic heterocycles. The van der Waals surface area contributed by atoms with Crippen LogP contribution in [-0.2, 0) is 11.3 Å². The third-order valence-electron chi connectivity index (χ3n) is 4.74. The number of imidazole rings is 1. The lowest BCUT2D eigenvalue weighted by Crippen LogP contribution is -2.47. The zero-order valence-corrected chi connectivity index (χ0v) is 13.0. The van der Waals surface area contributed by atoms with Crippen LogP contribution in [0.5, 0.6) is 0 Å². The molecule has 0 aliphatic carbocycles. The van der Waals surface area contributed by atoms with Crippen molar-refractivity contribution in [3.05, 3.63) is 41.1 Å². The van der Waals surface area contributed by atoms with Crippen LogP contribution in [0.1, 0.15) is 30.9 Å². The predicted molar refractivity (Wildman–Crippen MR) is 83.4 cm³/mol. The van der Waals surface area contributed by atoms with Crippen LogP contribution in [0.4, 0.5) is 0 Å². The number of hydrogen-bond donors (Lipinski definition) is 0. The fraction of sp³-hybridized carbons (Fsp3) is 0.562. The maximum Gasteiger partial charge on any atom is 0.0949 e. The van der Waals surface area contributed by atoms with E-state index < -0.39 is 0 Å². The van der Waals surface area contributed by atoms with Gasteiger partial charge >= 0.3 is 0 Å². The average Bonchev–Trinajstić information content (AvgIpc) is 3.20. The fourth-order valence-corrected chi connectivity index (χ4v) is 4.41. The van der Waals surface area contributed by atoms with Crippen LogP contribution in [0.25, 0.3) is 0 Å². The number of thiophene rings is 1. The van der Waals surface area contributed by atoms with Crippen LogP contribution in [-0.4, -0.2) is 39.7 Å². The van der Waals surface area contributed by atoms with Crippen molar-refractivity contribution in [2.75, 3.05) is 19.7 Å². The molecule has 4 heterocycles. The second-order valence-corrected chi connectivity index (χ2v) is 7.09. The van der Waals surface area contributed by atoms with E-state index >= 15 is 0 Å². The lowest BCUT2D eigenvalue weighted by atomic mass is 9.88. The Balaban J connectivity index is 1.43. The first kappa shape index (κ1) is 13.5. The SMILES string of the molecule is c1cn([C@@H]2CO[C@]3(CCCN(Cc4ccsc4)C3)C2)cn1. The van der Waals surface area contributed by atoms with Gasteiger partial charge in [0.15, 0.2) is 0 Å². The molecule has 0 bridgehead atoms. The Bertz CT molecular complexity index is 568. The number of hydrogen-bond acceptors (Lipinski definition) is 4. The molecule has 0 radical (unpaired) electrons. The van der Waals surface area contributed by atoms with Crippen molar-refractivity contribution < 1.29 is 4.74 Å². The fourth-order valence-electron chi connectivity index (χ4n) is 3.75. The summed E-state index contributed by atoms with van der Waals surface area (Å²) in [5.41, 5.74) is 1.49. The van der Waals surface area contributed by atoms with Gasteiger partial charge in [0.1, 0.15) is 0 Å². The molecule has 2 atom stereocenters. The van der Waals surface area contributed by atoms with E-state index in [1.807, 2.05) is 12.5 Å². The van der Waals surface area contributed by atoms with E-state index in [9.17, 15) is 0 Å². The molecule has 2 fully saturated rings.